The third-order valence-corrected chi connectivity index (χ3v) is 4.61. The van der Waals surface area contributed by atoms with Gasteiger partial charge >= 0.3 is 5.97 Å². The van der Waals surface area contributed by atoms with Crippen molar-refractivity contribution in [3.63, 3.8) is 0 Å². The average molecular weight is 282 g/mol. The monoisotopic (exact) mass is 282 g/mol. The van der Waals surface area contributed by atoms with Crippen molar-refractivity contribution < 1.29 is 18.8 Å². The minimum absolute atomic E-state index is 0.0827. The van der Waals surface area contributed by atoms with Gasteiger partial charge in [-0.2, -0.15) is 0 Å². The average Bonchev–Trinajstić information content (AvgIpc) is 2.38. The minimum atomic E-state index is -1.11. The van der Waals surface area contributed by atoms with Gasteiger partial charge in [-0.3, -0.25) is 9.00 Å². The van der Waals surface area contributed by atoms with E-state index in [1.54, 1.807) is 24.5 Å². The van der Waals surface area contributed by atoms with Crippen LogP contribution in [0.4, 0.5) is 0 Å². The Bertz CT molecular complexity index is 514. The van der Waals surface area contributed by atoms with Crippen molar-refractivity contribution in [2.75, 3.05) is 12.9 Å². The molecule has 0 saturated carbocycles. The van der Waals surface area contributed by atoms with Gasteiger partial charge in [0.15, 0.2) is 0 Å². The first-order valence-electron chi connectivity index (χ1n) is 6.25. The predicted molar refractivity (Wildman–Crippen MR) is 72.7 cm³/mol. The highest BCUT2D eigenvalue weighted by atomic mass is 32.2. The van der Waals surface area contributed by atoms with Crippen LogP contribution in [0, 0.1) is 0 Å². The van der Waals surface area contributed by atoms with E-state index in [4.69, 9.17) is 4.74 Å². The number of benzene rings is 1. The SMILES string of the molecule is CC1CC(C(=O)O)(c2cccc(S(C)=O)c2)CCO1. The molecule has 1 aromatic carbocycles. The number of carboxylic acid groups (broad SMARTS) is 1. The van der Waals surface area contributed by atoms with E-state index in [-0.39, 0.29) is 6.10 Å². The maximum absolute atomic E-state index is 11.8. The smallest absolute Gasteiger partial charge is 0.314 e. The van der Waals surface area contributed by atoms with Gasteiger partial charge in [0.2, 0.25) is 0 Å². The molecule has 1 saturated heterocycles. The van der Waals surface area contributed by atoms with E-state index < -0.39 is 22.2 Å². The Hall–Kier alpha value is -1.20. The summed E-state index contributed by atoms with van der Waals surface area (Å²) < 4.78 is 17.0. The lowest BCUT2D eigenvalue weighted by Gasteiger charge is -2.37. The number of carboxylic acids is 1. The molecule has 0 radical (unpaired) electrons. The summed E-state index contributed by atoms with van der Waals surface area (Å²) in [6.07, 6.45) is 2.41. The molecule has 3 unspecified atom stereocenters. The van der Waals surface area contributed by atoms with Crippen molar-refractivity contribution in [1.82, 2.24) is 0 Å². The Labute approximate surface area is 115 Å². The quantitative estimate of drug-likeness (QED) is 0.920. The van der Waals surface area contributed by atoms with Crippen LogP contribution in [-0.4, -0.2) is 34.3 Å². The summed E-state index contributed by atoms with van der Waals surface area (Å²) in [7, 11) is -1.11. The molecule has 3 atom stereocenters. The lowest BCUT2D eigenvalue weighted by atomic mass is 9.72. The van der Waals surface area contributed by atoms with Gasteiger partial charge in [0.05, 0.1) is 11.5 Å². The Kier molecular flexibility index (Phi) is 4.06. The Morgan fingerprint density at radius 2 is 2.26 bits per heavy atom. The number of hydrogen-bond donors (Lipinski definition) is 1. The van der Waals surface area contributed by atoms with E-state index >= 15 is 0 Å². The second-order valence-electron chi connectivity index (χ2n) is 5.00. The number of ether oxygens (including phenoxy) is 1. The van der Waals surface area contributed by atoms with Gasteiger partial charge in [-0.25, -0.2) is 0 Å². The molecule has 0 aromatic heterocycles. The van der Waals surface area contributed by atoms with Gasteiger partial charge in [0.25, 0.3) is 0 Å². The molecule has 2 rings (SSSR count). The fraction of sp³-hybridized carbons (Fsp3) is 0.500. The number of carbonyl (C=O) groups is 1. The van der Waals surface area contributed by atoms with E-state index in [1.165, 1.54) is 0 Å². The number of rotatable bonds is 3. The molecule has 5 heteroatoms. The van der Waals surface area contributed by atoms with Crippen molar-refractivity contribution in [3.05, 3.63) is 29.8 Å². The highest BCUT2D eigenvalue weighted by Crippen LogP contribution is 2.38. The maximum Gasteiger partial charge on any atom is 0.314 e. The fourth-order valence-corrected chi connectivity index (χ4v) is 3.20. The van der Waals surface area contributed by atoms with Crippen LogP contribution >= 0.6 is 0 Å². The lowest BCUT2D eigenvalue weighted by Crippen LogP contribution is -2.44. The van der Waals surface area contributed by atoms with E-state index in [9.17, 15) is 14.1 Å². The molecular formula is C14H18O4S. The second kappa shape index (κ2) is 5.43. The zero-order chi connectivity index (χ0) is 14.0. The highest BCUT2D eigenvalue weighted by Gasteiger charge is 2.44. The summed E-state index contributed by atoms with van der Waals surface area (Å²) in [5, 5.41) is 9.66. The maximum atomic E-state index is 11.8. The van der Waals surface area contributed by atoms with Crippen LogP contribution in [0.5, 0.6) is 0 Å². The third-order valence-electron chi connectivity index (χ3n) is 3.70. The molecule has 19 heavy (non-hydrogen) atoms. The standard InChI is InChI=1S/C14H18O4S/c1-10-9-14(13(15)16,6-7-18-10)11-4-3-5-12(8-11)19(2)17/h3-5,8,10H,6-7,9H2,1-2H3,(H,15,16). The molecule has 1 N–H and O–H groups in total. The molecule has 104 valence electrons. The van der Waals surface area contributed by atoms with Crippen LogP contribution in [0.2, 0.25) is 0 Å². The molecule has 1 fully saturated rings. The second-order valence-corrected chi connectivity index (χ2v) is 6.38. The van der Waals surface area contributed by atoms with Crippen LogP contribution < -0.4 is 0 Å². The van der Waals surface area contributed by atoms with Crippen LogP contribution in [-0.2, 0) is 25.7 Å². The summed E-state index contributed by atoms with van der Waals surface area (Å²) >= 11 is 0. The molecule has 4 nitrogen and oxygen atoms in total. The van der Waals surface area contributed by atoms with Crippen molar-refractivity contribution >= 4 is 16.8 Å². The van der Waals surface area contributed by atoms with Crippen molar-refractivity contribution in [2.24, 2.45) is 0 Å². The summed E-state index contributed by atoms with van der Waals surface area (Å²) in [5.41, 5.74) is -0.199. The minimum Gasteiger partial charge on any atom is -0.481 e. The molecule has 0 bridgehead atoms. The summed E-state index contributed by atoms with van der Waals surface area (Å²) in [4.78, 5) is 12.4. The van der Waals surface area contributed by atoms with Crippen LogP contribution in [0.1, 0.15) is 25.3 Å². The lowest BCUT2D eigenvalue weighted by molar-refractivity contribution is -0.150. The van der Waals surface area contributed by atoms with Gasteiger partial charge in [0, 0.05) is 28.6 Å². The molecular weight excluding hydrogens is 264 g/mol. The summed E-state index contributed by atoms with van der Waals surface area (Å²) in [5.74, 6) is -0.832. The zero-order valence-corrected chi connectivity index (χ0v) is 11.9. The first kappa shape index (κ1) is 14.2. The molecule has 1 aliphatic heterocycles. The predicted octanol–water partition coefficient (Wildman–Crippen LogP) is 1.95. The van der Waals surface area contributed by atoms with Crippen LogP contribution in [0.15, 0.2) is 29.2 Å². The molecule has 0 amide bonds. The molecule has 1 aromatic rings. The van der Waals surface area contributed by atoms with Crippen LogP contribution in [0.25, 0.3) is 0 Å². The zero-order valence-electron chi connectivity index (χ0n) is 11.1. The Morgan fingerprint density at radius 1 is 1.53 bits per heavy atom. The molecule has 0 aliphatic carbocycles. The van der Waals surface area contributed by atoms with Crippen molar-refractivity contribution in [1.29, 1.82) is 0 Å². The normalized spacial score (nSPS) is 28.8. The topological polar surface area (TPSA) is 63.6 Å². The molecule has 0 spiro atoms. The highest BCUT2D eigenvalue weighted by molar-refractivity contribution is 7.84. The molecule has 1 aliphatic rings. The fourth-order valence-electron chi connectivity index (χ4n) is 2.64. The number of aliphatic carboxylic acids is 1. The summed E-state index contributed by atoms with van der Waals surface area (Å²) in [6, 6.07) is 7.10. The Morgan fingerprint density at radius 3 is 2.84 bits per heavy atom. The van der Waals surface area contributed by atoms with Gasteiger partial charge in [-0.15, -0.1) is 0 Å². The molecule has 1 heterocycles. The largest absolute Gasteiger partial charge is 0.481 e. The van der Waals surface area contributed by atoms with Crippen LogP contribution in [0.3, 0.4) is 0 Å². The van der Waals surface area contributed by atoms with Gasteiger partial charge in [-0.05, 0) is 37.5 Å². The van der Waals surface area contributed by atoms with Crippen molar-refractivity contribution in [2.45, 2.75) is 36.2 Å². The van der Waals surface area contributed by atoms with E-state index in [0.717, 1.165) is 5.56 Å². The Balaban J connectivity index is 2.47. The van der Waals surface area contributed by atoms with Gasteiger partial charge < -0.3 is 9.84 Å². The van der Waals surface area contributed by atoms with E-state index in [1.807, 2.05) is 13.0 Å². The van der Waals surface area contributed by atoms with E-state index in [0.29, 0.717) is 24.3 Å². The van der Waals surface area contributed by atoms with Crippen molar-refractivity contribution in [3.8, 4) is 0 Å². The first-order valence-corrected chi connectivity index (χ1v) is 7.80. The van der Waals surface area contributed by atoms with E-state index in [2.05, 4.69) is 0 Å². The number of hydrogen-bond acceptors (Lipinski definition) is 3. The first-order chi connectivity index (χ1) is 8.95. The summed E-state index contributed by atoms with van der Waals surface area (Å²) in [6.45, 7) is 2.32. The van der Waals surface area contributed by atoms with Gasteiger partial charge in [-0.1, -0.05) is 12.1 Å². The third kappa shape index (κ3) is 2.72. The van der Waals surface area contributed by atoms with Gasteiger partial charge in [0.1, 0.15) is 0 Å².